The van der Waals surface area contributed by atoms with Gasteiger partial charge in [0.1, 0.15) is 0 Å². The molecule has 3 rings (SSSR count). The smallest absolute Gasteiger partial charge is 0.269 e. The Morgan fingerprint density at radius 3 is 2.55 bits per heavy atom. The van der Waals surface area contributed by atoms with Gasteiger partial charge in [0.2, 0.25) is 11.8 Å². The molecule has 0 unspecified atom stereocenters. The number of benzene rings is 1. The van der Waals surface area contributed by atoms with Crippen LogP contribution in [0.15, 0.2) is 28.7 Å². The van der Waals surface area contributed by atoms with Crippen molar-refractivity contribution in [3.05, 3.63) is 40.3 Å². The molecule has 1 aromatic carbocycles. The van der Waals surface area contributed by atoms with E-state index in [9.17, 15) is 10.1 Å². The summed E-state index contributed by atoms with van der Waals surface area (Å²) in [6.45, 7) is 5.08. The average Bonchev–Trinajstić information content (AvgIpc) is 3.05. The molecule has 1 saturated heterocycles. The molecule has 0 saturated carbocycles. The zero-order valence-electron chi connectivity index (χ0n) is 12.1. The van der Waals surface area contributed by atoms with Crippen LogP contribution in [-0.4, -0.2) is 46.3 Å². The van der Waals surface area contributed by atoms with E-state index >= 15 is 0 Å². The Hall–Kier alpha value is -2.32. The van der Waals surface area contributed by atoms with Gasteiger partial charge < -0.3 is 9.15 Å². The predicted molar refractivity (Wildman–Crippen MR) is 77.2 cm³/mol. The van der Waals surface area contributed by atoms with Gasteiger partial charge in [-0.2, -0.15) is 0 Å². The molecule has 116 valence electrons. The van der Waals surface area contributed by atoms with Crippen LogP contribution in [0.3, 0.4) is 0 Å². The van der Waals surface area contributed by atoms with E-state index in [0.717, 1.165) is 13.1 Å². The molecular weight excluding hydrogens is 288 g/mol. The number of hydrogen-bond donors (Lipinski definition) is 0. The van der Waals surface area contributed by atoms with E-state index in [2.05, 4.69) is 15.1 Å². The van der Waals surface area contributed by atoms with Crippen molar-refractivity contribution in [1.82, 2.24) is 15.1 Å². The van der Waals surface area contributed by atoms with Gasteiger partial charge in [0.05, 0.1) is 24.2 Å². The second-order valence-corrected chi connectivity index (χ2v) is 5.07. The molecule has 1 aliphatic heterocycles. The zero-order chi connectivity index (χ0) is 15.5. The summed E-state index contributed by atoms with van der Waals surface area (Å²) < 4.78 is 11.0. The van der Waals surface area contributed by atoms with E-state index < -0.39 is 4.92 Å². The van der Waals surface area contributed by atoms with Gasteiger partial charge in [-0.1, -0.05) is 0 Å². The highest BCUT2D eigenvalue weighted by Gasteiger charge is 2.23. The molecule has 1 aliphatic rings. The Balaban J connectivity index is 1.76. The number of aromatic nitrogens is 2. The summed E-state index contributed by atoms with van der Waals surface area (Å²) in [7, 11) is 0. The molecule has 2 aromatic rings. The van der Waals surface area contributed by atoms with Gasteiger partial charge in [-0.3, -0.25) is 15.0 Å². The van der Waals surface area contributed by atoms with Gasteiger partial charge in [-0.15, -0.1) is 10.2 Å². The summed E-state index contributed by atoms with van der Waals surface area (Å²) in [5.41, 5.74) is 0.698. The Morgan fingerprint density at radius 1 is 1.23 bits per heavy atom. The summed E-state index contributed by atoms with van der Waals surface area (Å²) in [6, 6.07) is 6.07. The lowest BCUT2D eigenvalue weighted by atomic mass is 10.2. The van der Waals surface area contributed by atoms with E-state index in [0.29, 0.717) is 30.6 Å². The quantitative estimate of drug-likeness (QED) is 0.630. The summed E-state index contributed by atoms with van der Waals surface area (Å²) in [5, 5.41) is 18.8. The van der Waals surface area contributed by atoms with Crippen molar-refractivity contribution in [1.29, 1.82) is 0 Å². The predicted octanol–water partition coefficient (Wildman–Crippen LogP) is 2.04. The maximum absolute atomic E-state index is 10.7. The summed E-state index contributed by atoms with van der Waals surface area (Å²) >= 11 is 0. The lowest BCUT2D eigenvalue weighted by Crippen LogP contribution is -2.38. The molecule has 0 aliphatic carbocycles. The molecule has 1 atom stereocenters. The van der Waals surface area contributed by atoms with Gasteiger partial charge in [-0.05, 0) is 19.1 Å². The summed E-state index contributed by atoms with van der Waals surface area (Å²) in [4.78, 5) is 12.4. The van der Waals surface area contributed by atoms with Gasteiger partial charge in [-0.25, -0.2) is 0 Å². The molecule has 0 amide bonds. The van der Waals surface area contributed by atoms with Crippen molar-refractivity contribution in [3.8, 4) is 11.5 Å². The molecule has 1 fully saturated rings. The Labute approximate surface area is 126 Å². The first kappa shape index (κ1) is 14.6. The highest BCUT2D eigenvalue weighted by atomic mass is 16.6. The number of rotatable bonds is 4. The van der Waals surface area contributed by atoms with Gasteiger partial charge >= 0.3 is 0 Å². The van der Waals surface area contributed by atoms with Gasteiger partial charge in [0, 0.05) is 30.8 Å². The molecule has 8 nitrogen and oxygen atoms in total. The lowest BCUT2D eigenvalue weighted by molar-refractivity contribution is -0.384. The van der Waals surface area contributed by atoms with Crippen LogP contribution in [-0.2, 0) is 4.74 Å². The normalized spacial score (nSPS) is 17.3. The number of nitro benzene ring substituents is 1. The van der Waals surface area contributed by atoms with Crippen LogP contribution in [0.5, 0.6) is 0 Å². The Kier molecular flexibility index (Phi) is 4.12. The Morgan fingerprint density at radius 2 is 1.91 bits per heavy atom. The van der Waals surface area contributed by atoms with Crippen LogP contribution in [0, 0.1) is 10.1 Å². The minimum Gasteiger partial charge on any atom is -0.419 e. The van der Waals surface area contributed by atoms with Crippen molar-refractivity contribution < 1.29 is 14.1 Å². The number of ether oxygens (including phenoxy) is 1. The molecule has 0 N–H and O–H groups in total. The highest BCUT2D eigenvalue weighted by molar-refractivity contribution is 5.55. The van der Waals surface area contributed by atoms with Crippen molar-refractivity contribution in [3.63, 3.8) is 0 Å². The van der Waals surface area contributed by atoms with E-state index in [4.69, 9.17) is 9.15 Å². The monoisotopic (exact) mass is 304 g/mol. The standard InChI is InChI=1S/C14H16N4O4/c1-10(17-6-8-21-9-7-17)13-15-16-14(22-13)11-2-4-12(5-3-11)18(19)20/h2-5,10H,6-9H2,1H3/t10-/m1/s1. The third-order valence-corrected chi connectivity index (χ3v) is 3.72. The third kappa shape index (κ3) is 2.97. The third-order valence-electron chi connectivity index (χ3n) is 3.72. The maximum atomic E-state index is 10.7. The van der Waals surface area contributed by atoms with Crippen LogP contribution in [0.25, 0.3) is 11.5 Å². The number of nitrogens with zero attached hydrogens (tertiary/aromatic N) is 4. The molecule has 0 bridgehead atoms. The second-order valence-electron chi connectivity index (χ2n) is 5.07. The topological polar surface area (TPSA) is 94.5 Å². The first-order chi connectivity index (χ1) is 10.6. The summed E-state index contributed by atoms with van der Waals surface area (Å²) in [5.74, 6) is 0.903. The molecular formula is C14H16N4O4. The van der Waals surface area contributed by atoms with E-state index in [1.165, 1.54) is 12.1 Å². The molecule has 8 heteroatoms. The number of morpholine rings is 1. The number of non-ortho nitro benzene ring substituents is 1. The first-order valence-corrected chi connectivity index (χ1v) is 7.05. The number of nitro groups is 1. The van der Waals surface area contributed by atoms with Crippen molar-refractivity contribution in [2.24, 2.45) is 0 Å². The van der Waals surface area contributed by atoms with Crippen molar-refractivity contribution >= 4 is 5.69 Å². The van der Waals surface area contributed by atoms with E-state index in [-0.39, 0.29) is 11.7 Å². The van der Waals surface area contributed by atoms with Crippen LogP contribution >= 0.6 is 0 Å². The minimum atomic E-state index is -0.441. The first-order valence-electron chi connectivity index (χ1n) is 7.05. The van der Waals surface area contributed by atoms with Crippen LogP contribution in [0.1, 0.15) is 18.9 Å². The highest BCUT2D eigenvalue weighted by Crippen LogP contribution is 2.25. The van der Waals surface area contributed by atoms with Crippen LogP contribution < -0.4 is 0 Å². The van der Waals surface area contributed by atoms with Crippen molar-refractivity contribution in [2.45, 2.75) is 13.0 Å². The molecule has 0 radical (unpaired) electrons. The second kappa shape index (κ2) is 6.20. The largest absolute Gasteiger partial charge is 0.419 e. The molecule has 2 heterocycles. The maximum Gasteiger partial charge on any atom is 0.269 e. The fraction of sp³-hybridized carbons (Fsp3) is 0.429. The van der Waals surface area contributed by atoms with E-state index in [1.807, 2.05) is 6.92 Å². The Bertz CT molecular complexity index is 649. The van der Waals surface area contributed by atoms with E-state index in [1.54, 1.807) is 12.1 Å². The van der Waals surface area contributed by atoms with Gasteiger partial charge in [0.15, 0.2) is 0 Å². The summed E-state index contributed by atoms with van der Waals surface area (Å²) in [6.07, 6.45) is 0. The van der Waals surface area contributed by atoms with Crippen molar-refractivity contribution in [2.75, 3.05) is 26.3 Å². The molecule has 1 aromatic heterocycles. The molecule has 0 spiro atoms. The van der Waals surface area contributed by atoms with Crippen LogP contribution in [0.4, 0.5) is 5.69 Å². The molecule has 22 heavy (non-hydrogen) atoms. The van der Waals surface area contributed by atoms with Crippen LogP contribution in [0.2, 0.25) is 0 Å². The average molecular weight is 304 g/mol. The van der Waals surface area contributed by atoms with Gasteiger partial charge in [0.25, 0.3) is 5.69 Å². The lowest BCUT2D eigenvalue weighted by Gasteiger charge is -2.30. The zero-order valence-corrected chi connectivity index (χ0v) is 12.1. The SMILES string of the molecule is C[C@H](c1nnc(-c2ccc([N+](=O)[O-])cc2)o1)N1CCOCC1. The fourth-order valence-corrected chi connectivity index (χ4v) is 2.37. The number of hydrogen-bond acceptors (Lipinski definition) is 7. The fourth-order valence-electron chi connectivity index (χ4n) is 2.37. The minimum absolute atomic E-state index is 0.0169.